The van der Waals surface area contributed by atoms with E-state index in [1.807, 2.05) is 19.2 Å². The van der Waals surface area contributed by atoms with Crippen molar-refractivity contribution in [3.05, 3.63) is 28.7 Å². The molecule has 2 rings (SSSR count). The molecule has 0 spiro atoms. The first-order valence-corrected chi connectivity index (χ1v) is 5.68. The Morgan fingerprint density at radius 2 is 2.25 bits per heavy atom. The molecule has 0 unspecified atom stereocenters. The molecule has 0 saturated carbocycles. The van der Waals surface area contributed by atoms with Crippen LogP contribution in [0.25, 0.3) is 11.6 Å². The van der Waals surface area contributed by atoms with E-state index in [9.17, 15) is 0 Å². The van der Waals surface area contributed by atoms with Crippen LogP contribution in [-0.4, -0.2) is 28.8 Å². The van der Waals surface area contributed by atoms with E-state index in [2.05, 4.69) is 36.4 Å². The number of hydrogen-bond donors (Lipinski definition) is 1. The van der Waals surface area contributed by atoms with Crippen LogP contribution in [0.2, 0.25) is 0 Å². The number of pyridine rings is 1. The average molecular weight is 283 g/mol. The average Bonchev–Trinajstić information content (AvgIpc) is 2.76. The molecule has 0 bridgehead atoms. The van der Waals surface area contributed by atoms with Crippen molar-refractivity contribution in [1.82, 2.24) is 20.5 Å². The van der Waals surface area contributed by atoms with Crippen molar-refractivity contribution < 1.29 is 4.42 Å². The minimum atomic E-state index is 0.457. The van der Waals surface area contributed by atoms with Gasteiger partial charge in [-0.2, -0.15) is 0 Å². The highest BCUT2D eigenvalue weighted by molar-refractivity contribution is 9.10. The third kappa shape index (κ3) is 2.65. The van der Waals surface area contributed by atoms with Crippen LogP contribution in [0.3, 0.4) is 0 Å². The van der Waals surface area contributed by atoms with Gasteiger partial charge in [0, 0.05) is 23.6 Å². The molecule has 2 aromatic heterocycles. The van der Waals surface area contributed by atoms with Gasteiger partial charge in [0.2, 0.25) is 5.89 Å². The van der Waals surface area contributed by atoms with Gasteiger partial charge in [-0.25, -0.2) is 4.98 Å². The van der Waals surface area contributed by atoms with Gasteiger partial charge in [-0.1, -0.05) is 0 Å². The second kappa shape index (κ2) is 5.18. The third-order valence-corrected chi connectivity index (χ3v) is 2.47. The first-order chi connectivity index (χ1) is 7.79. The lowest BCUT2D eigenvalue weighted by Gasteiger charge is -1.94. The predicted molar refractivity (Wildman–Crippen MR) is 62.9 cm³/mol. The fourth-order valence-electron chi connectivity index (χ4n) is 1.19. The number of aromatic nitrogens is 3. The van der Waals surface area contributed by atoms with E-state index in [4.69, 9.17) is 4.42 Å². The smallest absolute Gasteiger partial charge is 0.266 e. The normalized spacial score (nSPS) is 10.6. The third-order valence-electron chi connectivity index (χ3n) is 2.00. The molecule has 0 radical (unpaired) electrons. The molecule has 0 aliphatic rings. The Morgan fingerprint density at radius 1 is 1.38 bits per heavy atom. The molecule has 2 heterocycles. The van der Waals surface area contributed by atoms with Gasteiger partial charge in [-0.05, 0) is 35.1 Å². The predicted octanol–water partition coefficient (Wildman–Crippen LogP) is 1.66. The first kappa shape index (κ1) is 11.2. The Bertz CT molecular complexity index is 454. The maximum absolute atomic E-state index is 5.47. The fourth-order valence-corrected chi connectivity index (χ4v) is 1.43. The first-order valence-electron chi connectivity index (χ1n) is 4.88. The summed E-state index contributed by atoms with van der Waals surface area (Å²) in [7, 11) is 1.88. The number of nitrogens with zero attached hydrogens (tertiary/aromatic N) is 3. The van der Waals surface area contributed by atoms with E-state index < -0.39 is 0 Å². The zero-order chi connectivity index (χ0) is 11.4. The van der Waals surface area contributed by atoms with Crippen LogP contribution in [0.4, 0.5) is 0 Å². The van der Waals surface area contributed by atoms with Gasteiger partial charge < -0.3 is 9.73 Å². The molecule has 0 saturated heterocycles. The number of likely N-dealkylation sites (N-methyl/N-ethyl adjacent to an activating group) is 1. The van der Waals surface area contributed by atoms with E-state index in [1.165, 1.54) is 0 Å². The maximum Gasteiger partial charge on any atom is 0.266 e. The van der Waals surface area contributed by atoms with Gasteiger partial charge in [0.25, 0.3) is 5.89 Å². The molecule has 5 nitrogen and oxygen atoms in total. The van der Waals surface area contributed by atoms with Gasteiger partial charge in [0.1, 0.15) is 5.69 Å². The standard InChI is InChI=1S/C10H11BrN4O/c1-12-5-4-9-14-15-10(16-9)8-3-2-7(11)6-13-8/h2-3,6,12H,4-5H2,1H3. The van der Waals surface area contributed by atoms with E-state index in [-0.39, 0.29) is 0 Å². The molecular weight excluding hydrogens is 272 g/mol. The largest absolute Gasteiger partial charge is 0.419 e. The zero-order valence-electron chi connectivity index (χ0n) is 8.77. The van der Waals surface area contributed by atoms with E-state index in [1.54, 1.807) is 6.20 Å². The number of rotatable bonds is 4. The molecule has 0 amide bonds. The molecule has 84 valence electrons. The molecular formula is C10H11BrN4O. The maximum atomic E-state index is 5.47. The van der Waals surface area contributed by atoms with Crippen molar-refractivity contribution in [3.8, 4) is 11.6 Å². The highest BCUT2D eigenvalue weighted by atomic mass is 79.9. The number of nitrogens with one attached hydrogen (secondary N) is 1. The van der Waals surface area contributed by atoms with Gasteiger partial charge in [0.15, 0.2) is 0 Å². The van der Waals surface area contributed by atoms with Crippen LogP contribution < -0.4 is 5.32 Å². The Balaban J connectivity index is 2.15. The highest BCUT2D eigenvalue weighted by Crippen LogP contribution is 2.17. The van der Waals surface area contributed by atoms with Crippen LogP contribution in [0, 0.1) is 0 Å². The van der Waals surface area contributed by atoms with Crippen LogP contribution >= 0.6 is 15.9 Å². The van der Waals surface area contributed by atoms with Crippen molar-refractivity contribution in [2.45, 2.75) is 6.42 Å². The van der Waals surface area contributed by atoms with Gasteiger partial charge >= 0.3 is 0 Å². The summed E-state index contributed by atoms with van der Waals surface area (Å²) in [5, 5.41) is 10.9. The van der Waals surface area contributed by atoms with Crippen LogP contribution in [0.1, 0.15) is 5.89 Å². The molecule has 16 heavy (non-hydrogen) atoms. The van der Waals surface area contributed by atoms with Gasteiger partial charge in [0.05, 0.1) is 0 Å². The summed E-state index contributed by atoms with van der Waals surface area (Å²) in [5.74, 6) is 1.08. The summed E-state index contributed by atoms with van der Waals surface area (Å²) >= 11 is 3.32. The van der Waals surface area contributed by atoms with Crippen molar-refractivity contribution in [3.63, 3.8) is 0 Å². The highest BCUT2D eigenvalue weighted by Gasteiger charge is 2.08. The summed E-state index contributed by atoms with van der Waals surface area (Å²) in [6.07, 6.45) is 2.42. The lowest BCUT2D eigenvalue weighted by Crippen LogP contribution is -2.10. The van der Waals surface area contributed by atoms with E-state index in [0.717, 1.165) is 17.4 Å². The molecule has 1 N–H and O–H groups in total. The summed E-state index contributed by atoms with van der Waals surface area (Å²) < 4.78 is 6.39. The minimum Gasteiger partial charge on any atom is -0.419 e. The Kier molecular flexibility index (Phi) is 3.63. The van der Waals surface area contributed by atoms with E-state index >= 15 is 0 Å². The molecule has 0 aliphatic heterocycles. The van der Waals surface area contributed by atoms with Crippen molar-refractivity contribution in [2.75, 3.05) is 13.6 Å². The molecule has 0 aromatic carbocycles. The lowest BCUT2D eigenvalue weighted by atomic mass is 10.3. The fraction of sp³-hybridized carbons (Fsp3) is 0.300. The second-order valence-corrected chi connectivity index (χ2v) is 4.13. The Morgan fingerprint density at radius 3 is 2.94 bits per heavy atom. The topological polar surface area (TPSA) is 63.8 Å². The van der Waals surface area contributed by atoms with Crippen molar-refractivity contribution in [1.29, 1.82) is 0 Å². The molecule has 6 heteroatoms. The summed E-state index contributed by atoms with van der Waals surface area (Å²) in [6.45, 7) is 0.815. The minimum absolute atomic E-state index is 0.457. The summed E-state index contributed by atoms with van der Waals surface area (Å²) in [4.78, 5) is 4.18. The molecule has 0 fully saturated rings. The monoisotopic (exact) mass is 282 g/mol. The number of hydrogen-bond acceptors (Lipinski definition) is 5. The van der Waals surface area contributed by atoms with Crippen LogP contribution in [0.15, 0.2) is 27.2 Å². The molecule has 0 aliphatic carbocycles. The summed E-state index contributed by atoms with van der Waals surface area (Å²) in [6, 6.07) is 3.72. The van der Waals surface area contributed by atoms with Crippen LogP contribution in [-0.2, 0) is 6.42 Å². The number of halogens is 1. The van der Waals surface area contributed by atoms with E-state index in [0.29, 0.717) is 17.5 Å². The van der Waals surface area contributed by atoms with Crippen molar-refractivity contribution in [2.24, 2.45) is 0 Å². The van der Waals surface area contributed by atoms with Crippen molar-refractivity contribution >= 4 is 15.9 Å². The second-order valence-electron chi connectivity index (χ2n) is 3.22. The summed E-state index contributed by atoms with van der Waals surface area (Å²) in [5.41, 5.74) is 0.686. The lowest BCUT2D eigenvalue weighted by molar-refractivity contribution is 0.498. The zero-order valence-corrected chi connectivity index (χ0v) is 10.4. The Hall–Kier alpha value is -1.27. The van der Waals surface area contributed by atoms with Crippen LogP contribution in [0.5, 0.6) is 0 Å². The quantitative estimate of drug-likeness (QED) is 0.924. The molecule has 2 aromatic rings. The van der Waals surface area contributed by atoms with Gasteiger partial charge in [-0.3, -0.25) is 0 Å². The molecule has 0 atom stereocenters. The Labute approximate surface area is 101 Å². The van der Waals surface area contributed by atoms with Gasteiger partial charge in [-0.15, -0.1) is 10.2 Å². The SMILES string of the molecule is CNCCc1nnc(-c2ccc(Br)cn2)o1.